The van der Waals surface area contributed by atoms with E-state index in [2.05, 4.69) is 20.5 Å². The van der Waals surface area contributed by atoms with Crippen molar-refractivity contribution in [1.29, 1.82) is 0 Å². The highest BCUT2D eigenvalue weighted by atomic mass is 32.1. The number of nitrogens with zero attached hydrogens (tertiary/aromatic N) is 4. The Kier molecular flexibility index (Phi) is 10.5. The summed E-state index contributed by atoms with van der Waals surface area (Å²) in [6.07, 6.45) is 1.97. The predicted octanol–water partition coefficient (Wildman–Crippen LogP) is 7.47. The van der Waals surface area contributed by atoms with E-state index in [0.717, 1.165) is 20.9 Å². The van der Waals surface area contributed by atoms with Gasteiger partial charge in [-0.1, -0.05) is 54.6 Å². The topological polar surface area (TPSA) is 109 Å². The molecule has 0 aliphatic rings. The molecular formula is C38H34F2N6O4S. The van der Waals surface area contributed by atoms with Gasteiger partial charge in [0.2, 0.25) is 5.43 Å². The summed E-state index contributed by atoms with van der Waals surface area (Å²) < 4.78 is 37.4. The van der Waals surface area contributed by atoms with Crippen LogP contribution < -0.4 is 25.7 Å². The van der Waals surface area contributed by atoms with Gasteiger partial charge in [0.05, 0.1) is 18.1 Å². The Morgan fingerprint density at radius 1 is 0.882 bits per heavy atom. The van der Waals surface area contributed by atoms with Crippen LogP contribution in [0.5, 0.6) is 5.75 Å². The third-order valence-electron chi connectivity index (χ3n) is 8.18. The van der Waals surface area contributed by atoms with Crippen LogP contribution in [0, 0.1) is 11.6 Å². The SMILES string of the molecule is CNC(=O)Nc1ccc(-c2sc3c(c2CN(C)Cc2ccccc2)c(=O)c(OC(=O)N(C)c2ccccn2)cn3Cc2c(F)cccc2F)cc1. The minimum atomic E-state index is -0.869. The molecule has 0 aliphatic heterocycles. The number of rotatable bonds is 10. The summed E-state index contributed by atoms with van der Waals surface area (Å²) in [7, 11) is 4.91. The maximum absolute atomic E-state index is 15.1. The second-order valence-electron chi connectivity index (χ2n) is 11.8. The molecule has 3 aromatic carbocycles. The van der Waals surface area contributed by atoms with Gasteiger partial charge in [-0.2, -0.15) is 0 Å². The molecule has 260 valence electrons. The third-order valence-corrected chi connectivity index (χ3v) is 9.50. The maximum Gasteiger partial charge on any atom is 0.420 e. The predicted molar refractivity (Wildman–Crippen MR) is 195 cm³/mol. The average Bonchev–Trinajstić information content (AvgIpc) is 3.51. The number of hydrogen-bond acceptors (Lipinski definition) is 7. The van der Waals surface area contributed by atoms with E-state index >= 15 is 8.78 Å². The summed E-state index contributed by atoms with van der Waals surface area (Å²) in [6.45, 7) is 0.575. The minimum Gasteiger partial charge on any atom is -0.404 e. The highest BCUT2D eigenvalue weighted by Gasteiger charge is 2.26. The van der Waals surface area contributed by atoms with Crippen LogP contribution in [0.15, 0.2) is 108 Å². The summed E-state index contributed by atoms with van der Waals surface area (Å²) in [5.74, 6) is -1.52. The maximum atomic E-state index is 15.1. The zero-order valence-electron chi connectivity index (χ0n) is 28.0. The number of nitrogens with one attached hydrogen (secondary N) is 2. The van der Waals surface area contributed by atoms with E-state index in [-0.39, 0.29) is 29.3 Å². The number of thiophene rings is 1. The van der Waals surface area contributed by atoms with Gasteiger partial charge in [0.1, 0.15) is 22.3 Å². The van der Waals surface area contributed by atoms with Crippen LogP contribution in [-0.4, -0.2) is 47.7 Å². The number of hydrogen-bond donors (Lipinski definition) is 2. The first-order valence-electron chi connectivity index (χ1n) is 15.9. The Morgan fingerprint density at radius 2 is 1.59 bits per heavy atom. The number of carbonyl (C=O) groups excluding carboxylic acids is 2. The molecule has 0 saturated heterocycles. The molecule has 6 rings (SSSR count). The lowest BCUT2D eigenvalue weighted by Crippen LogP contribution is -2.32. The van der Waals surface area contributed by atoms with Crippen LogP contribution >= 0.6 is 11.3 Å². The van der Waals surface area contributed by atoms with Gasteiger partial charge in [0.15, 0.2) is 5.75 Å². The number of halogens is 2. The largest absolute Gasteiger partial charge is 0.420 e. The van der Waals surface area contributed by atoms with Gasteiger partial charge in [-0.05, 0) is 60.1 Å². The van der Waals surface area contributed by atoms with Gasteiger partial charge in [0, 0.05) is 49.5 Å². The Morgan fingerprint density at radius 3 is 2.25 bits per heavy atom. The number of pyridine rings is 2. The van der Waals surface area contributed by atoms with Gasteiger partial charge in [0.25, 0.3) is 0 Å². The van der Waals surface area contributed by atoms with Gasteiger partial charge >= 0.3 is 12.1 Å². The van der Waals surface area contributed by atoms with Crippen LogP contribution in [0.4, 0.5) is 29.9 Å². The molecule has 51 heavy (non-hydrogen) atoms. The number of aromatic nitrogens is 2. The molecule has 6 aromatic rings. The second kappa shape index (κ2) is 15.3. The number of fused-ring (bicyclic) bond motifs is 1. The molecule has 3 heterocycles. The standard InChI is InChI=1S/C38H34F2N6O4S/c1-41-37(48)43-26-17-15-25(16-18-26)35-28(21-44(2)20-24-10-5-4-6-11-24)33-34(47)31(50-38(49)45(3)32-14-7-8-19-42-32)23-46(36(33)51-35)22-27-29(39)12-9-13-30(27)40/h4-19,23H,20-22H2,1-3H3,(H2,41,43,48). The normalized spacial score (nSPS) is 11.1. The van der Waals surface area contributed by atoms with Crippen molar-refractivity contribution in [1.82, 2.24) is 19.8 Å². The quantitative estimate of drug-likeness (QED) is 0.153. The smallest absolute Gasteiger partial charge is 0.404 e. The number of ether oxygens (including phenoxy) is 1. The number of urea groups is 1. The molecule has 0 aliphatic carbocycles. The highest BCUT2D eigenvalue weighted by Crippen LogP contribution is 2.40. The Labute approximate surface area is 296 Å². The molecule has 0 spiro atoms. The lowest BCUT2D eigenvalue weighted by atomic mass is 10.0. The first-order chi connectivity index (χ1) is 24.6. The number of anilines is 2. The summed E-state index contributed by atoms with van der Waals surface area (Å²) in [5.41, 5.74) is 2.24. The molecular weight excluding hydrogens is 675 g/mol. The lowest BCUT2D eigenvalue weighted by Gasteiger charge is -2.19. The summed E-state index contributed by atoms with van der Waals surface area (Å²) in [5, 5.41) is 5.51. The molecule has 0 atom stereocenters. The Bertz CT molecular complexity index is 2230. The first kappa shape index (κ1) is 34.9. The van der Waals surface area contributed by atoms with Crippen molar-refractivity contribution >= 4 is 45.2 Å². The van der Waals surface area contributed by atoms with Crippen molar-refractivity contribution in [2.75, 3.05) is 31.4 Å². The van der Waals surface area contributed by atoms with Crippen LogP contribution in [0.3, 0.4) is 0 Å². The fraction of sp³-hybridized carbons (Fsp3) is 0.158. The van der Waals surface area contributed by atoms with Crippen molar-refractivity contribution in [3.05, 3.63) is 142 Å². The minimum absolute atomic E-state index is 0.215. The molecule has 3 aromatic heterocycles. The molecule has 3 amide bonds. The fourth-order valence-electron chi connectivity index (χ4n) is 5.63. The molecule has 0 unspecified atom stereocenters. The number of carbonyl (C=O) groups is 2. The molecule has 10 nitrogen and oxygen atoms in total. The molecule has 0 radical (unpaired) electrons. The van der Waals surface area contributed by atoms with E-state index in [1.807, 2.05) is 49.5 Å². The van der Waals surface area contributed by atoms with Gasteiger partial charge in [-0.25, -0.2) is 23.4 Å². The van der Waals surface area contributed by atoms with Gasteiger partial charge < -0.3 is 19.9 Å². The van der Waals surface area contributed by atoms with Crippen molar-refractivity contribution < 1.29 is 23.1 Å². The monoisotopic (exact) mass is 708 g/mol. The molecule has 2 N–H and O–H groups in total. The summed E-state index contributed by atoms with van der Waals surface area (Å²) in [6, 6.07) is 25.3. The van der Waals surface area contributed by atoms with Crippen molar-refractivity contribution in [3.8, 4) is 16.2 Å². The third kappa shape index (κ3) is 7.79. The van der Waals surface area contributed by atoms with Crippen LogP contribution in [0.1, 0.15) is 16.7 Å². The zero-order valence-corrected chi connectivity index (χ0v) is 28.8. The van der Waals surface area contributed by atoms with Gasteiger partial charge in [-0.15, -0.1) is 11.3 Å². The van der Waals surface area contributed by atoms with Crippen molar-refractivity contribution in [2.45, 2.75) is 19.6 Å². The van der Waals surface area contributed by atoms with E-state index in [4.69, 9.17) is 4.74 Å². The fourth-order valence-corrected chi connectivity index (χ4v) is 6.92. The van der Waals surface area contributed by atoms with Crippen LogP contribution in [0.2, 0.25) is 0 Å². The van der Waals surface area contributed by atoms with Crippen molar-refractivity contribution in [2.24, 2.45) is 0 Å². The van der Waals surface area contributed by atoms with E-state index in [1.54, 1.807) is 30.3 Å². The van der Waals surface area contributed by atoms with E-state index in [1.165, 1.54) is 60.6 Å². The van der Waals surface area contributed by atoms with E-state index in [0.29, 0.717) is 35.0 Å². The number of amides is 3. The first-order valence-corrected chi connectivity index (χ1v) is 16.7. The Balaban J connectivity index is 1.52. The Hall–Kier alpha value is -5.92. The van der Waals surface area contributed by atoms with Crippen LogP contribution in [0.25, 0.3) is 20.7 Å². The summed E-state index contributed by atoms with van der Waals surface area (Å²) >= 11 is 1.28. The van der Waals surface area contributed by atoms with Gasteiger partial charge in [-0.3, -0.25) is 14.6 Å². The van der Waals surface area contributed by atoms with Crippen LogP contribution in [-0.2, 0) is 19.6 Å². The average molecular weight is 709 g/mol. The molecule has 13 heteroatoms. The number of benzene rings is 3. The van der Waals surface area contributed by atoms with E-state index < -0.39 is 23.2 Å². The molecule has 0 bridgehead atoms. The lowest BCUT2D eigenvalue weighted by molar-refractivity contribution is 0.208. The molecule has 0 saturated carbocycles. The molecule has 0 fully saturated rings. The zero-order chi connectivity index (χ0) is 36.1. The summed E-state index contributed by atoms with van der Waals surface area (Å²) in [4.78, 5) is 48.3. The highest BCUT2D eigenvalue weighted by molar-refractivity contribution is 7.22. The van der Waals surface area contributed by atoms with E-state index in [9.17, 15) is 14.4 Å². The second-order valence-corrected chi connectivity index (χ2v) is 12.8. The van der Waals surface area contributed by atoms with Crippen molar-refractivity contribution in [3.63, 3.8) is 0 Å².